The molecule has 2 aromatic carbocycles. The van der Waals surface area contributed by atoms with Crippen molar-refractivity contribution in [3.05, 3.63) is 68.9 Å². The van der Waals surface area contributed by atoms with Crippen molar-refractivity contribution in [2.75, 3.05) is 5.73 Å². The van der Waals surface area contributed by atoms with E-state index in [0.29, 0.717) is 22.6 Å². The summed E-state index contributed by atoms with van der Waals surface area (Å²) in [5.74, 6) is 0.390. The van der Waals surface area contributed by atoms with E-state index < -0.39 is 4.92 Å². The summed E-state index contributed by atoms with van der Waals surface area (Å²) in [6, 6.07) is 12.2. The summed E-state index contributed by atoms with van der Waals surface area (Å²) >= 11 is 0. The third kappa shape index (κ3) is 2.34. The molecule has 104 valence electrons. The first-order valence-electron chi connectivity index (χ1n) is 6.13. The van der Waals surface area contributed by atoms with E-state index in [2.05, 4.69) is 0 Å². The van der Waals surface area contributed by atoms with Crippen LogP contribution in [-0.2, 0) is 0 Å². The van der Waals surface area contributed by atoms with Crippen molar-refractivity contribution in [2.24, 2.45) is 0 Å². The molecule has 0 atom stereocenters. The van der Waals surface area contributed by atoms with E-state index in [4.69, 9.17) is 10.2 Å². The van der Waals surface area contributed by atoms with E-state index in [-0.39, 0.29) is 16.5 Å². The third-order valence-corrected chi connectivity index (χ3v) is 3.12. The zero-order valence-electron chi connectivity index (χ0n) is 10.8. The zero-order chi connectivity index (χ0) is 15.0. The highest BCUT2D eigenvalue weighted by Gasteiger charge is 2.11. The molecule has 0 saturated carbocycles. The number of nitrogens with two attached hydrogens (primary N) is 1. The molecule has 6 nitrogen and oxygen atoms in total. The molecular weight excluding hydrogens is 272 g/mol. The Morgan fingerprint density at radius 3 is 2.43 bits per heavy atom. The highest BCUT2D eigenvalue weighted by Crippen LogP contribution is 2.25. The van der Waals surface area contributed by atoms with Crippen molar-refractivity contribution in [1.82, 2.24) is 0 Å². The molecule has 0 saturated heterocycles. The topological polar surface area (TPSA) is 99.4 Å². The van der Waals surface area contributed by atoms with E-state index in [1.54, 1.807) is 24.3 Å². The second-order valence-electron chi connectivity index (χ2n) is 4.53. The quantitative estimate of drug-likeness (QED) is 0.442. The number of hydrogen-bond donors (Lipinski definition) is 1. The Morgan fingerprint density at radius 2 is 1.76 bits per heavy atom. The third-order valence-electron chi connectivity index (χ3n) is 3.12. The summed E-state index contributed by atoms with van der Waals surface area (Å²) in [5.41, 5.74) is 6.77. The maximum absolute atomic E-state index is 12.1. The second kappa shape index (κ2) is 4.75. The number of rotatable bonds is 2. The average molecular weight is 282 g/mol. The van der Waals surface area contributed by atoms with E-state index in [1.807, 2.05) is 0 Å². The summed E-state index contributed by atoms with van der Waals surface area (Å²) in [7, 11) is 0. The van der Waals surface area contributed by atoms with E-state index in [9.17, 15) is 14.9 Å². The van der Waals surface area contributed by atoms with Crippen LogP contribution in [0.2, 0.25) is 0 Å². The van der Waals surface area contributed by atoms with Gasteiger partial charge in [0.2, 0.25) is 0 Å². The molecule has 6 heteroatoms. The number of nitro groups is 1. The Kier molecular flexibility index (Phi) is 2.91. The predicted molar refractivity (Wildman–Crippen MR) is 79.0 cm³/mol. The molecule has 1 heterocycles. The predicted octanol–water partition coefficient (Wildman–Crippen LogP) is 2.95. The molecule has 0 aliphatic rings. The number of benzene rings is 2. The fourth-order valence-corrected chi connectivity index (χ4v) is 2.05. The van der Waals surface area contributed by atoms with Gasteiger partial charge in [-0.1, -0.05) is 0 Å². The number of nitrogens with zero attached hydrogens (tertiary/aromatic N) is 1. The van der Waals surface area contributed by atoms with Crippen LogP contribution in [0, 0.1) is 10.1 Å². The van der Waals surface area contributed by atoms with Gasteiger partial charge in [0.05, 0.1) is 10.3 Å². The molecule has 21 heavy (non-hydrogen) atoms. The average Bonchev–Trinajstić information content (AvgIpc) is 2.47. The van der Waals surface area contributed by atoms with Gasteiger partial charge in [-0.25, -0.2) is 0 Å². The Bertz CT molecular complexity index is 898. The first-order chi connectivity index (χ1) is 10.0. The number of nitro benzene ring substituents is 1. The number of fused-ring (bicyclic) bond motifs is 1. The van der Waals surface area contributed by atoms with E-state index in [1.165, 1.54) is 24.3 Å². The van der Waals surface area contributed by atoms with Crippen LogP contribution in [0.25, 0.3) is 22.3 Å². The largest absolute Gasteiger partial charge is 0.456 e. The standard InChI is InChI=1S/C15H10N2O4/c16-10-3-1-9(2-4-10)15-8-13(18)12-7-11(17(19)20)5-6-14(12)21-15/h1-8H,16H2. The van der Waals surface area contributed by atoms with Gasteiger partial charge < -0.3 is 10.2 Å². The van der Waals surface area contributed by atoms with Gasteiger partial charge in [0.1, 0.15) is 11.3 Å². The molecule has 0 bridgehead atoms. The molecule has 0 amide bonds. The number of anilines is 1. The monoisotopic (exact) mass is 282 g/mol. The van der Waals surface area contributed by atoms with E-state index in [0.717, 1.165) is 0 Å². The fourth-order valence-electron chi connectivity index (χ4n) is 2.05. The van der Waals surface area contributed by atoms with Gasteiger partial charge in [-0.15, -0.1) is 0 Å². The van der Waals surface area contributed by atoms with Gasteiger partial charge in [-0.2, -0.15) is 0 Å². The zero-order valence-corrected chi connectivity index (χ0v) is 10.8. The van der Waals surface area contributed by atoms with Crippen molar-refractivity contribution in [1.29, 1.82) is 0 Å². The normalized spacial score (nSPS) is 10.7. The molecular formula is C15H10N2O4. The van der Waals surface area contributed by atoms with Gasteiger partial charge in [0.15, 0.2) is 5.43 Å². The number of hydrogen-bond acceptors (Lipinski definition) is 5. The Hall–Kier alpha value is -3.15. The van der Waals surface area contributed by atoms with Crippen molar-refractivity contribution in [3.8, 4) is 11.3 Å². The van der Waals surface area contributed by atoms with Gasteiger partial charge in [-0.05, 0) is 30.3 Å². The summed E-state index contributed by atoms with van der Waals surface area (Å²) in [4.78, 5) is 22.3. The summed E-state index contributed by atoms with van der Waals surface area (Å²) < 4.78 is 5.64. The van der Waals surface area contributed by atoms with Crippen LogP contribution in [0.1, 0.15) is 0 Å². The highest BCUT2D eigenvalue weighted by atomic mass is 16.6. The fraction of sp³-hybridized carbons (Fsp3) is 0. The first kappa shape index (κ1) is 12.9. The van der Waals surface area contributed by atoms with Crippen LogP contribution in [0.4, 0.5) is 11.4 Å². The van der Waals surface area contributed by atoms with Gasteiger partial charge in [0, 0.05) is 29.4 Å². The van der Waals surface area contributed by atoms with Gasteiger partial charge in [-0.3, -0.25) is 14.9 Å². The van der Waals surface area contributed by atoms with Crippen LogP contribution >= 0.6 is 0 Å². The Balaban J connectivity index is 2.20. The lowest BCUT2D eigenvalue weighted by atomic mass is 10.1. The molecule has 0 aliphatic heterocycles. The van der Waals surface area contributed by atoms with Crippen LogP contribution in [0.3, 0.4) is 0 Å². The highest BCUT2D eigenvalue weighted by molar-refractivity contribution is 5.81. The van der Waals surface area contributed by atoms with Crippen molar-refractivity contribution < 1.29 is 9.34 Å². The van der Waals surface area contributed by atoms with Crippen molar-refractivity contribution >= 4 is 22.3 Å². The number of nitrogen functional groups attached to an aromatic ring is 1. The molecule has 0 radical (unpaired) electrons. The van der Waals surface area contributed by atoms with Crippen LogP contribution in [-0.4, -0.2) is 4.92 Å². The van der Waals surface area contributed by atoms with Crippen LogP contribution in [0.15, 0.2) is 57.7 Å². The lowest BCUT2D eigenvalue weighted by Crippen LogP contribution is -2.01. The molecule has 0 spiro atoms. The lowest BCUT2D eigenvalue weighted by molar-refractivity contribution is -0.384. The minimum atomic E-state index is -0.549. The minimum absolute atomic E-state index is 0.143. The summed E-state index contributed by atoms with van der Waals surface area (Å²) in [6.07, 6.45) is 0. The maximum atomic E-state index is 12.1. The minimum Gasteiger partial charge on any atom is -0.456 e. The van der Waals surface area contributed by atoms with Crippen molar-refractivity contribution in [2.45, 2.75) is 0 Å². The second-order valence-corrected chi connectivity index (χ2v) is 4.53. The van der Waals surface area contributed by atoms with Gasteiger partial charge >= 0.3 is 0 Å². The molecule has 1 aromatic heterocycles. The molecule has 3 aromatic rings. The molecule has 0 fully saturated rings. The maximum Gasteiger partial charge on any atom is 0.270 e. The smallest absolute Gasteiger partial charge is 0.270 e. The Morgan fingerprint density at radius 1 is 1.05 bits per heavy atom. The summed E-state index contributed by atoms with van der Waals surface area (Å²) in [5, 5.41) is 10.9. The first-order valence-corrected chi connectivity index (χ1v) is 6.13. The SMILES string of the molecule is Nc1ccc(-c2cc(=O)c3cc([N+](=O)[O-])ccc3o2)cc1. The molecule has 3 rings (SSSR count). The molecule has 0 unspecified atom stereocenters. The Labute approximate surface area is 118 Å². The van der Waals surface area contributed by atoms with E-state index >= 15 is 0 Å². The molecule has 0 aliphatic carbocycles. The molecule has 2 N–H and O–H groups in total. The number of non-ortho nitro benzene ring substituents is 1. The summed E-state index contributed by atoms with van der Waals surface area (Å²) in [6.45, 7) is 0. The van der Waals surface area contributed by atoms with Crippen molar-refractivity contribution in [3.63, 3.8) is 0 Å². The lowest BCUT2D eigenvalue weighted by Gasteiger charge is -2.03. The van der Waals surface area contributed by atoms with Crippen LogP contribution < -0.4 is 11.2 Å². The van der Waals surface area contributed by atoms with Gasteiger partial charge in [0.25, 0.3) is 5.69 Å². The van der Waals surface area contributed by atoms with Crippen LogP contribution in [0.5, 0.6) is 0 Å².